The van der Waals surface area contributed by atoms with Crippen molar-refractivity contribution in [2.75, 3.05) is 31.6 Å². The molecule has 10 heteroatoms. The van der Waals surface area contributed by atoms with Gasteiger partial charge >= 0.3 is 6.18 Å². The molecule has 7 nitrogen and oxygen atoms in total. The number of halogens is 3. The monoisotopic (exact) mass is 449 g/mol. The van der Waals surface area contributed by atoms with E-state index in [1.54, 1.807) is 24.3 Å². The Balaban J connectivity index is 1.49. The molecule has 3 amide bonds. The van der Waals surface area contributed by atoms with Crippen LogP contribution in [-0.4, -0.2) is 44.5 Å². The molecule has 2 aromatic rings. The summed E-state index contributed by atoms with van der Waals surface area (Å²) in [5.74, 6) is -1.29. The largest absolute Gasteiger partial charge is 0.497 e. The second-order valence-electron chi connectivity index (χ2n) is 7.23. The number of hydrogen-bond donors (Lipinski definition) is 2. The topological polar surface area (TPSA) is 87.7 Å². The SMILES string of the molecule is COc1cccc(C(=O)NCCNC(=O)[C@H]2CC(=O)N(c3cccc(C(F)(F)F)c3)C2)c1. The van der Waals surface area contributed by atoms with Crippen LogP contribution < -0.4 is 20.3 Å². The first kappa shape index (κ1) is 23.1. The van der Waals surface area contributed by atoms with Crippen LogP contribution >= 0.6 is 0 Å². The molecule has 0 bridgehead atoms. The number of benzene rings is 2. The summed E-state index contributed by atoms with van der Waals surface area (Å²) in [6.45, 7) is 0.296. The highest BCUT2D eigenvalue weighted by atomic mass is 19.4. The van der Waals surface area contributed by atoms with E-state index in [1.165, 1.54) is 24.1 Å². The van der Waals surface area contributed by atoms with Crippen molar-refractivity contribution in [1.29, 1.82) is 0 Å². The van der Waals surface area contributed by atoms with Crippen molar-refractivity contribution in [1.82, 2.24) is 10.6 Å². The fourth-order valence-electron chi connectivity index (χ4n) is 3.36. The van der Waals surface area contributed by atoms with Crippen LogP contribution in [0, 0.1) is 5.92 Å². The van der Waals surface area contributed by atoms with Crippen molar-refractivity contribution < 1.29 is 32.3 Å². The maximum absolute atomic E-state index is 12.9. The van der Waals surface area contributed by atoms with Gasteiger partial charge in [-0.25, -0.2) is 0 Å². The molecule has 1 aliphatic heterocycles. The molecule has 0 aromatic heterocycles. The third kappa shape index (κ3) is 5.57. The first-order valence-electron chi connectivity index (χ1n) is 9.86. The van der Waals surface area contributed by atoms with Gasteiger partial charge < -0.3 is 20.3 Å². The zero-order chi connectivity index (χ0) is 23.3. The number of methoxy groups -OCH3 is 1. The van der Waals surface area contributed by atoms with Gasteiger partial charge in [0.1, 0.15) is 5.75 Å². The highest BCUT2D eigenvalue weighted by Gasteiger charge is 2.36. The number of amides is 3. The molecule has 0 aliphatic carbocycles. The van der Waals surface area contributed by atoms with Gasteiger partial charge in [-0.1, -0.05) is 12.1 Å². The van der Waals surface area contributed by atoms with Crippen LogP contribution in [-0.2, 0) is 15.8 Å². The highest BCUT2D eigenvalue weighted by molar-refractivity contribution is 6.00. The molecule has 3 rings (SSSR count). The number of alkyl halides is 3. The number of nitrogens with zero attached hydrogens (tertiary/aromatic N) is 1. The van der Waals surface area contributed by atoms with Gasteiger partial charge in [0, 0.05) is 37.3 Å². The standard InChI is InChI=1S/C22H22F3N3O4/c1-32-18-7-2-4-14(10-18)20(30)26-8-9-27-21(31)15-11-19(29)28(13-15)17-6-3-5-16(12-17)22(23,24)25/h2-7,10,12,15H,8-9,11,13H2,1H3,(H,26,30)(H,27,31)/t15-/m0/s1. The highest BCUT2D eigenvalue weighted by Crippen LogP contribution is 2.33. The van der Waals surface area contributed by atoms with Crippen LogP contribution in [0.1, 0.15) is 22.3 Å². The lowest BCUT2D eigenvalue weighted by Crippen LogP contribution is -2.38. The van der Waals surface area contributed by atoms with Crippen molar-refractivity contribution in [3.8, 4) is 5.75 Å². The third-order valence-corrected chi connectivity index (χ3v) is 5.02. The Morgan fingerprint density at radius 3 is 2.53 bits per heavy atom. The molecule has 1 atom stereocenters. The molecule has 0 unspecified atom stereocenters. The molecule has 170 valence electrons. The average Bonchev–Trinajstić information content (AvgIpc) is 3.17. The molecule has 32 heavy (non-hydrogen) atoms. The van der Waals surface area contributed by atoms with Crippen molar-refractivity contribution >= 4 is 23.4 Å². The Hall–Kier alpha value is -3.56. The number of hydrogen-bond acceptors (Lipinski definition) is 4. The lowest BCUT2D eigenvalue weighted by molar-refractivity contribution is -0.137. The molecule has 0 spiro atoms. The molecule has 0 saturated carbocycles. The summed E-state index contributed by atoms with van der Waals surface area (Å²) in [5, 5.41) is 5.31. The van der Waals surface area contributed by atoms with Crippen LogP contribution in [0.2, 0.25) is 0 Å². The summed E-state index contributed by atoms with van der Waals surface area (Å²) in [5.41, 5.74) is -0.345. The first-order chi connectivity index (χ1) is 15.2. The van der Waals surface area contributed by atoms with E-state index in [0.29, 0.717) is 11.3 Å². The quantitative estimate of drug-likeness (QED) is 0.637. The van der Waals surface area contributed by atoms with Crippen molar-refractivity contribution in [3.05, 3.63) is 59.7 Å². The van der Waals surface area contributed by atoms with Gasteiger partial charge in [0.15, 0.2) is 0 Å². The Bertz CT molecular complexity index is 1010. The molecule has 2 N–H and O–H groups in total. The van der Waals surface area contributed by atoms with E-state index < -0.39 is 29.5 Å². The molecule has 1 heterocycles. The summed E-state index contributed by atoms with van der Waals surface area (Å²) in [7, 11) is 1.49. The van der Waals surface area contributed by atoms with Crippen LogP contribution in [0.4, 0.5) is 18.9 Å². The Labute approximate surface area is 182 Å². The molecule has 2 aromatic carbocycles. The smallest absolute Gasteiger partial charge is 0.416 e. The van der Waals surface area contributed by atoms with Crippen molar-refractivity contribution in [3.63, 3.8) is 0 Å². The summed E-state index contributed by atoms with van der Waals surface area (Å²) < 4.78 is 43.9. The minimum Gasteiger partial charge on any atom is -0.497 e. The zero-order valence-electron chi connectivity index (χ0n) is 17.2. The van der Waals surface area contributed by atoms with E-state index in [9.17, 15) is 27.6 Å². The van der Waals surface area contributed by atoms with E-state index in [2.05, 4.69) is 10.6 Å². The fourth-order valence-corrected chi connectivity index (χ4v) is 3.36. The predicted octanol–water partition coefficient (Wildman–Crippen LogP) is 2.61. The normalized spacial score (nSPS) is 16.1. The molecular formula is C22H22F3N3O4. The minimum absolute atomic E-state index is 0.0118. The lowest BCUT2D eigenvalue weighted by Gasteiger charge is -2.18. The number of rotatable bonds is 7. The van der Waals surface area contributed by atoms with Crippen molar-refractivity contribution in [2.24, 2.45) is 5.92 Å². The second kappa shape index (κ2) is 9.71. The van der Waals surface area contributed by atoms with Gasteiger partial charge in [0.25, 0.3) is 5.91 Å². The number of carbonyl (C=O) groups is 3. The van der Waals surface area contributed by atoms with Gasteiger partial charge in [0.2, 0.25) is 11.8 Å². The Morgan fingerprint density at radius 1 is 1.09 bits per heavy atom. The molecule has 1 saturated heterocycles. The van der Waals surface area contributed by atoms with Gasteiger partial charge in [-0.05, 0) is 36.4 Å². The van der Waals surface area contributed by atoms with Crippen LogP contribution in [0.15, 0.2) is 48.5 Å². The van der Waals surface area contributed by atoms with Crippen LogP contribution in [0.3, 0.4) is 0 Å². The molecule has 1 aliphatic rings. The van der Waals surface area contributed by atoms with Crippen molar-refractivity contribution in [2.45, 2.75) is 12.6 Å². The Morgan fingerprint density at radius 2 is 1.81 bits per heavy atom. The van der Waals surface area contributed by atoms with E-state index >= 15 is 0 Å². The van der Waals surface area contributed by atoms with Crippen LogP contribution in [0.5, 0.6) is 5.75 Å². The van der Waals surface area contributed by atoms with Gasteiger partial charge in [0.05, 0.1) is 18.6 Å². The fraction of sp³-hybridized carbons (Fsp3) is 0.318. The van der Waals surface area contributed by atoms with E-state index in [4.69, 9.17) is 4.74 Å². The van der Waals surface area contributed by atoms with Crippen LogP contribution in [0.25, 0.3) is 0 Å². The zero-order valence-corrected chi connectivity index (χ0v) is 17.2. The van der Waals surface area contributed by atoms with Gasteiger partial charge in [-0.3, -0.25) is 14.4 Å². The molecule has 1 fully saturated rings. The van der Waals surface area contributed by atoms with E-state index in [1.807, 2.05) is 0 Å². The minimum atomic E-state index is -4.52. The number of ether oxygens (including phenoxy) is 1. The van der Waals surface area contributed by atoms with E-state index in [0.717, 1.165) is 12.1 Å². The summed E-state index contributed by atoms with van der Waals surface area (Å²) >= 11 is 0. The molecule has 0 radical (unpaired) electrons. The summed E-state index contributed by atoms with van der Waals surface area (Å²) in [4.78, 5) is 38.0. The maximum atomic E-state index is 12.9. The van der Waals surface area contributed by atoms with Gasteiger partial charge in [-0.2, -0.15) is 13.2 Å². The molecular weight excluding hydrogens is 427 g/mol. The number of carbonyl (C=O) groups excluding carboxylic acids is 3. The van der Waals surface area contributed by atoms with E-state index in [-0.39, 0.29) is 37.6 Å². The summed E-state index contributed by atoms with van der Waals surface area (Å²) in [6.07, 6.45) is -4.62. The third-order valence-electron chi connectivity index (χ3n) is 5.02. The lowest BCUT2D eigenvalue weighted by atomic mass is 10.1. The average molecular weight is 449 g/mol. The Kier molecular flexibility index (Phi) is 7.01. The predicted molar refractivity (Wildman–Crippen MR) is 110 cm³/mol. The number of anilines is 1. The summed E-state index contributed by atoms with van der Waals surface area (Å²) in [6, 6.07) is 11.1. The first-order valence-corrected chi connectivity index (χ1v) is 9.86. The van der Waals surface area contributed by atoms with Gasteiger partial charge in [-0.15, -0.1) is 0 Å². The maximum Gasteiger partial charge on any atom is 0.416 e. The number of nitrogens with one attached hydrogen (secondary N) is 2. The second-order valence-corrected chi connectivity index (χ2v) is 7.23.